The van der Waals surface area contributed by atoms with E-state index in [1.54, 1.807) is 6.07 Å². The van der Waals surface area contributed by atoms with Gasteiger partial charge in [-0.25, -0.2) is 8.42 Å². The summed E-state index contributed by atoms with van der Waals surface area (Å²) in [5.41, 5.74) is 1.96. The van der Waals surface area contributed by atoms with Crippen LogP contribution < -0.4 is 0 Å². The number of likely N-dealkylation sites (tertiary alicyclic amines) is 1. The van der Waals surface area contributed by atoms with Gasteiger partial charge in [-0.15, -0.1) is 0 Å². The number of morpholine rings is 2. The fraction of sp³-hybridized carbons (Fsp3) is 0.467. The smallest absolute Gasteiger partial charge is 0.295 e. The molecule has 3 aliphatic heterocycles. The van der Waals surface area contributed by atoms with E-state index >= 15 is 0 Å². The Morgan fingerprint density at radius 2 is 1.59 bits per heavy atom. The van der Waals surface area contributed by atoms with Crippen LogP contribution >= 0.6 is 0 Å². The maximum absolute atomic E-state index is 13.5. The Labute approximate surface area is 241 Å². The first kappa shape index (κ1) is 29.4. The summed E-state index contributed by atoms with van der Waals surface area (Å²) in [4.78, 5) is 30.6. The van der Waals surface area contributed by atoms with E-state index in [2.05, 4.69) is 4.90 Å². The summed E-state index contributed by atoms with van der Waals surface area (Å²) in [6, 6.07) is 12.8. The number of carbonyl (C=O) groups excluding carboxylic acids is 2. The van der Waals surface area contributed by atoms with Crippen LogP contribution in [0.4, 0.5) is 0 Å². The van der Waals surface area contributed by atoms with Crippen LogP contribution in [0.5, 0.6) is 0 Å². The van der Waals surface area contributed by atoms with Gasteiger partial charge in [-0.2, -0.15) is 4.31 Å². The van der Waals surface area contributed by atoms with Crippen molar-refractivity contribution in [1.29, 1.82) is 0 Å². The molecule has 3 aliphatic rings. The predicted molar refractivity (Wildman–Crippen MR) is 153 cm³/mol. The van der Waals surface area contributed by atoms with Gasteiger partial charge in [0.1, 0.15) is 5.76 Å². The van der Waals surface area contributed by atoms with Crippen molar-refractivity contribution in [3.63, 3.8) is 0 Å². The molecule has 220 valence electrons. The minimum atomic E-state index is -3.83. The number of rotatable bonds is 9. The molecule has 11 heteroatoms. The molecule has 3 saturated heterocycles. The van der Waals surface area contributed by atoms with E-state index in [9.17, 15) is 23.1 Å². The molecule has 0 aromatic heterocycles. The SMILES string of the molecule is CCc1ccc([C@H]2C(=C(O)c3cccc(S(=O)(=O)N4CCOCC4)c3)C(=O)C(=O)N2CCCN2CCOCC2)cc1. The van der Waals surface area contributed by atoms with Crippen molar-refractivity contribution in [2.75, 3.05) is 65.7 Å². The number of ether oxygens (including phenoxy) is 2. The van der Waals surface area contributed by atoms with E-state index in [1.165, 1.54) is 27.4 Å². The Bertz CT molecular complexity index is 1400. The fourth-order valence-electron chi connectivity index (χ4n) is 5.58. The number of nitrogens with zero attached hydrogens (tertiary/aromatic N) is 3. The number of aryl methyl sites for hydroxylation is 1. The van der Waals surface area contributed by atoms with Gasteiger partial charge in [0, 0.05) is 44.8 Å². The molecule has 41 heavy (non-hydrogen) atoms. The van der Waals surface area contributed by atoms with Gasteiger partial charge in [-0.3, -0.25) is 14.5 Å². The predicted octanol–water partition coefficient (Wildman–Crippen LogP) is 2.41. The molecule has 5 rings (SSSR count). The molecule has 10 nitrogen and oxygen atoms in total. The van der Waals surface area contributed by atoms with E-state index in [1.807, 2.05) is 31.2 Å². The summed E-state index contributed by atoms with van der Waals surface area (Å²) in [6.45, 7) is 7.24. The highest BCUT2D eigenvalue weighted by Gasteiger charge is 2.46. The molecule has 1 N–H and O–H groups in total. The highest BCUT2D eigenvalue weighted by Crippen LogP contribution is 2.40. The van der Waals surface area contributed by atoms with E-state index in [4.69, 9.17) is 9.47 Å². The molecular weight excluding hydrogens is 546 g/mol. The van der Waals surface area contributed by atoms with Crippen molar-refractivity contribution in [2.45, 2.75) is 30.7 Å². The van der Waals surface area contributed by atoms with Crippen molar-refractivity contribution in [3.05, 3.63) is 70.8 Å². The summed E-state index contributed by atoms with van der Waals surface area (Å²) in [5.74, 6) is -1.84. The standard InChI is InChI=1S/C30H37N3O7S/c1-2-22-7-9-23(10-8-22)27-26(29(35)30(36)33(27)12-4-11-31-13-17-39-18-14-31)28(34)24-5-3-6-25(21-24)41(37,38)32-15-19-40-20-16-32/h3,5-10,21,27,34H,2,4,11-20H2,1H3/t27-/m0/s1. The topological polar surface area (TPSA) is 117 Å². The van der Waals surface area contributed by atoms with Crippen LogP contribution in [-0.2, 0) is 35.5 Å². The molecule has 0 bridgehead atoms. The zero-order valence-electron chi connectivity index (χ0n) is 23.3. The number of ketones is 1. The molecule has 0 aliphatic carbocycles. The summed E-state index contributed by atoms with van der Waals surface area (Å²) in [5, 5.41) is 11.5. The van der Waals surface area contributed by atoms with Crippen LogP contribution in [0.15, 0.2) is 59.0 Å². The molecule has 2 aromatic carbocycles. The Morgan fingerprint density at radius 1 is 0.927 bits per heavy atom. The molecule has 3 fully saturated rings. The largest absolute Gasteiger partial charge is 0.507 e. The van der Waals surface area contributed by atoms with E-state index < -0.39 is 27.8 Å². The number of sulfonamides is 1. The third-order valence-corrected chi connectivity index (χ3v) is 9.83. The molecular formula is C30H37N3O7S. The van der Waals surface area contributed by atoms with Crippen molar-refractivity contribution < 1.29 is 32.6 Å². The van der Waals surface area contributed by atoms with Gasteiger partial charge in [0.25, 0.3) is 11.7 Å². The van der Waals surface area contributed by atoms with Crippen LogP contribution in [0.25, 0.3) is 5.76 Å². The third kappa shape index (κ3) is 6.24. The van der Waals surface area contributed by atoms with E-state index in [0.29, 0.717) is 45.0 Å². The van der Waals surface area contributed by atoms with Gasteiger partial charge in [-0.1, -0.05) is 43.3 Å². The van der Waals surface area contributed by atoms with Crippen molar-refractivity contribution in [1.82, 2.24) is 14.1 Å². The highest BCUT2D eigenvalue weighted by atomic mass is 32.2. The van der Waals surface area contributed by atoms with Gasteiger partial charge in [0.05, 0.1) is 42.9 Å². The quantitative estimate of drug-likeness (QED) is 0.272. The molecule has 2 aromatic rings. The minimum absolute atomic E-state index is 0.00652. The van der Waals surface area contributed by atoms with Gasteiger partial charge < -0.3 is 19.5 Å². The number of carbonyl (C=O) groups is 2. The normalized spacial score (nSPS) is 22.4. The first-order chi connectivity index (χ1) is 19.8. The number of hydrogen-bond donors (Lipinski definition) is 1. The second-order valence-electron chi connectivity index (χ2n) is 10.4. The van der Waals surface area contributed by atoms with Crippen LogP contribution in [0.1, 0.15) is 36.1 Å². The zero-order valence-corrected chi connectivity index (χ0v) is 24.1. The van der Waals surface area contributed by atoms with Crippen LogP contribution in [0.3, 0.4) is 0 Å². The van der Waals surface area contributed by atoms with Gasteiger partial charge in [0.2, 0.25) is 10.0 Å². The molecule has 1 atom stereocenters. The molecule has 0 spiro atoms. The van der Waals surface area contributed by atoms with Crippen molar-refractivity contribution in [3.8, 4) is 0 Å². The summed E-state index contributed by atoms with van der Waals surface area (Å²) >= 11 is 0. The lowest BCUT2D eigenvalue weighted by Crippen LogP contribution is -2.40. The number of aliphatic hydroxyl groups is 1. The molecule has 1 amide bonds. The van der Waals surface area contributed by atoms with Crippen molar-refractivity contribution >= 4 is 27.5 Å². The Balaban J connectivity index is 1.49. The molecule has 0 radical (unpaired) electrons. The van der Waals surface area contributed by atoms with Gasteiger partial charge in [-0.05, 0) is 36.1 Å². The molecule has 0 saturated carbocycles. The average Bonchev–Trinajstić information content (AvgIpc) is 3.27. The third-order valence-electron chi connectivity index (χ3n) is 7.94. The first-order valence-corrected chi connectivity index (χ1v) is 15.6. The number of aliphatic hydroxyl groups excluding tert-OH is 1. The van der Waals surface area contributed by atoms with Crippen molar-refractivity contribution in [2.24, 2.45) is 0 Å². The maximum atomic E-state index is 13.5. The molecule has 3 heterocycles. The lowest BCUT2D eigenvalue weighted by molar-refractivity contribution is -0.140. The number of amides is 1. The highest BCUT2D eigenvalue weighted by molar-refractivity contribution is 7.89. The van der Waals surface area contributed by atoms with Gasteiger partial charge >= 0.3 is 0 Å². The summed E-state index contributed by atoms with van der Waals surface area (Å²) in [7, 11) is -3.83. The molecule has 0 unspecified atom stereocenters. The number of benzene rings is 2. The summed E-state index contributed by atoms with van der Waals surface area (Å²) < 4.78 is 38.6. The Hall–Kier alpha value is -3.09. The fourth-order valence-corrected chi connectivity index (χ4v) is 7.03. The average molecular weight is 584 g/mol. The number of Topliss-reactive ketones (excluding diaryl/α,β-unsaturated/α-hetero) is 1. The maximum Gasteiger partial charge on any atom is 0.295 e. The van der Waals surface area contributed by atoms with Crippen LogP contribution in [0, 0.1) is 0 Å². The zero-order chi connectivity index (χ0) is 29.0. The first-order valence-electron chi connectivity index (χ1n) is 14.2. The lowest BCUT2D eigenvalue weighted by Gasteiger charge is -2.29. The Morgan fingerprint density at radius 3 is 2.24 bits per heavy atom. The van der Waals surface area contributed by atoms with E-state index in [-0.39, 0.29) is 34.9 Å². The van der Waals surface area contributed by atoms with Crippen LogP contribution in [-0.4, -0.2) is 105 Å². The van der Waals surface area contributed by atoms with E-state index in [0.717, 1.165) is 31.6 Å². The second kappa shape index (κ2) is 12.8. The van der Waals surface area contributed by atoms with Gasteiger partial charge in [0.15, 0.2) is 0 Å². The summed E-state index contributed by atoms with van der Waals surface area (Å²) in [6.07, 6.45) is 1.49. The minimum Gasteiger partial charge on any atom is -0.507 e. The lowest BCUT2D eigenvalue weighted by atomic mass is 9.94. The Kier molecular flexibility index (Phi) is 9.20. The van der Waals surface area contributed by atoms with Crippen LogP contribution in [0.2, 0.25) is 0 Å². The number of hydrogen-bond acceptors (Lipinski definition) is 8. The monoisotopic (exact) mass is 583 g/mol. The second-order valence-corrected chi connectivity index (χ2v) is 12.4.